The molecule has 0 radical (unpaired) electrons. The molecule has 0 unspecified atom stereocenters. The van der Waals surface area contributed by atoms with Crippen LogP contribution < -0.4 is 10.9 Å². The SMILES string of the molecule is C=C(NNC(=O)c1ccc(CSc2ccc(Cl)cc2)cc1)c1cccnc1. The number of carbonyl (C=O) groups excluding carboxylic acids is 1. The van der Waals surface area contributed by atoms with Gasteiger partial charge in [-0.1, -0.05) is 30.3 Å². The van der Waals surface area contributed by atoms with Crippen molar-refractivity contribution in [2.45, 2.75) is 10.6 Å². The van der Waals surface area contributed by atoms with Gasteiger partial charge in [0.2, 0.25) is 0 Å². The number of nitrogens with one attached hydrogen (secondary N) is 2. The smallest absolute Gasteiger partial charge is 0.269 e. The molecule has 4 nitrogen and oxygen atoms in total. The Labute approximate surface area is 167 Å². The quantitative estimate of drug-likeness (QED) is 0.439. The van der Waals surface area contributed by atoms with Crippen LogP contribution in [0.25, 0.3) is 5.70 Å². The summed E-state index contributed by atoms with van der Waals surface area (Å²) in [7, 11) is 0. The summed E-state index contributed by atoms with van der Waals surface area (Å²) in [6, 6.07) is 18.9. The molecule has 0 saturated carbocycles. The number of amides is 1. The second kappa shape index (κ2) is 9.26. The van der Waals surface area contributed by atoms with Gasteiger partial charge in [0, 0.05) is 39.2 Å². The molecule has 3 rings (SSSR count). The zero-order valence-corrected chi connectivity index (χ0v) is 16.1. The summed E-state index contributed by atoms with van der Waals surface area (Å²) in [6.07, 6.45) is 3.36. The minimum absolute atomic E-state index is 0.225. The molecule has 0 aliphatic carbocycles. The molecule has 0 saturated heterocycles. The van der Waals surface area contributed by atoms with E-state index in [0.717, 1.165) is 26.8 Å². The highest BCUT2D eigenvalue weighted by Gasteiger charge is 2.06. The molecule has 27 heavy (non-hydrogen) atoms. The molecule has 0 aliphatic heterocycles. The van der Waals surface area contributed by atoms with Crippen LogP contribution in [0.4, 0.5) is 0 Å². The highest BCUT2D eigenvalue weighted by atomic mass is 35.5. The largest absolute Gasteiger partial charge is 0.298 e. The van der Waals surface area contributed by atoms with Gasteiger partial charge in [-0.2, -0.15) is 0 Å². The lowest BCUT2D eigenvalue weighted by molar-refractivity contribution is 0.0942. The number of benzene rings is 2. The monoisotopic (exact) mass is 395 g/mol. The van der Waals surface area contributed by atoms with E-state index < -0.39 is 0 Å². The van der Waals surface area contributed by atoms with Crippen molar-refractivity contribution in [3.8, 4) is 0 Å². The second-order valence-corrected chi connectivity index (χ2v) is 7.22. The third kappa shape index (κ3) is 5.61. The molecule has 1 aromatic heterocycles. The normalized spacial score (nSPS) is 10.3. The summed E-state index contributed by atoms with van der Waals surface area (Å²) in [5, 5.41) is 0.731. The molecule has 0 bridgehead atoms. The Balaban J connectivity index is 1.51. The topological polar surface area (TPSA) is 54.0 Å². The van der Waals surface area contributed by atoms with E-state index in [9.17, 15) is 4.79 Å². The first-order chi connectivity index (χ1) is 13.1. The van der Waals surface area contributed by atoms with Gasteiger partial charge in [0.05, 0.1) is 5.70 Å². The number of rotatable bonds is 7. The third-order valence-corrected chi connectivity index (χ3v) is 5.11. The number of hydrazine groups is 1. The van der Waals surface area contributed by atoms with Gasteiger partial charge in [-0.15, -0.1) is 11.8 Å². The molecule has 1 heterocycles. The summed E-state index contributed by atoms with van der Waals surface area (Å²) in [4.78, 5) is 17.4. The fourth-order valence-corrected chi connectivity index (χ4v) is 3.25. The van der Waals surface area contributed by atoms with Crippen molar-refractivity contribution in [2.75, 3.05) is 0 Å². The van der Waals surface area contributed by atoms with Crippen molar-refractivity contribution in [3.63, 3.8) is 0 Å². The van der Waals surface area contributed by atoms with E-state index in [4.69, 9.17) is 11.6 Å². The zero-order chi connectivity index (χ0) is 19.1. The predicted octanol–water partition coefficient (Wildman–Crippen LogP) is 4.93. The van der Waals surface area contributed by atoms with Crippen LogP contribution in [0, 0.1) is 0 Å². The Hall–Kier alpha value is -2.76. The van der Waals surface area contributed by atoms with Crippen molar-refractivity contribution < 1.29 is 4.79 Å². The van der Waals surface area contributed by atoms with E-state index in [1.54, 1.807) is 24.2 Å². The van der Waals surface area contributed by atoms with Crippen LogP contribution in [-0.4, -0.2) is 10.9 Å². The van der Waals surface area contributed by atoms with Gasteiger partial charge in [-0.05, 0) is 54.1 Å². The number of pyridine rings is 1. The number of halogens is 1. The molecule has 0 fully saturated rings. The van der Waals surface area contributed by atoms with Crippen molar-refractivity contribution in [1.29, 1.82) is 0 Å². The minimum Gasteiger partial charge on any atom is -0.298 e. The van der Waals surface area contributed by atoms with Crippen LogP contribution in [0.15, 0.2) is 84.5 Å². The molecule has 2 aromatic carbocycles. The summed E-state index contributed by atoms with van der Waals surface area (Å²) in [5.74, 6) is 0.594. The van der Waals surface area contributed by atoms with Crippen LogP contribution in [0.3, 0.4) is 0 Å². The third-order valence-electron chi connectivity index (χ3n) is 3.77. The summed E-state index contributed by atoms with van der Waals surface area (Å²) >= 11 is 7.61. The van der Waals surface area contributed by atoms with Crippen molar-refractivity contribution in [3.05, 3.63) is 101 Å². The van der Waals surface area contributed by atoms with Gasteiger partial charge in [0.1, 0.15) is 0 Å². The number of aromatic nitrogens is 1. The summed E-state index contributed by atoms with van der Waals surface area (Å²) in [6.45, 7) is 3.89. The van der Waals surface area contributed by atoms with Gasteiger partial charge < -0.3 is 0 Å². The van der Waals surface area contributed by atoms with Gasteiger partial charge in [0.15, 0.2) is 0 Å². The molecule has 3 aromatic rings. The molecule has 136 valence electrons. The van der Waals surface area contributed by atoms with Crippen molar-refractivity contribution in [1.82, 2.24) is 15.8 Å². The van der Waals surface area contributed by atoms with Crippen molar-refractivity contribution in [2.24, 2.45) is 0 Å². The molecular formula is C21H18ClN3OS. The van der Waals surface area contributed by atoms with Gasteiger partial charge in [-0.3, -0.25) is 20.6 Å². The fraction of sp³-hybridized carbons (Fsp3) is 0.0476. The predicted molar refractivity (Wildman–Crippen MR) is 111 cm³/mol. The Kier molecular flexibility index (Phi) is 6.52. The van der Waals surface area contributed by atoms with E-state index in [2.05, 4.69) is 22.4 Å². The first kappa shape index (κ1) is 19.0. The van der Waals surface area contributed by atoms with E-state index >= 15 is 0 Å². The highest BCUT2D eigenvalue weighted by Crippen LogP contribution is 2.24. The van der Waals surface area contributed by atoms with E-state index in [1.807, 2.05) is 60.7 Å². The number of hydrogen-bond donors (Lipinski definition) is 2. The molecule has 2 N–H and O–H groups in total. The maximum Gasteiger partial charge on any atom is 0.269 e. The maximum atomic E-state index is 12.3. The second-order valence-electron chi connectivity index (χ2n) is 5.74. The number of carbonyl (C=O) groups is 1. The maximum absolute atomic E-state index is 12.3. The van der Waals surface area contributed by atoms with E-state index in [1.165, 1.54) is 0 Å². The minimum atomic E-state index is -0.225. The lowest BCUT2D eigenvalue weighted by atomic mass is 10.1. The number of thioether (sulfide) groups is 1. The average molecular weight is 396 g/mol. The van der Waals surface area contributed by atoms with E-state index in [0.29, 0.717) is 11.3 Å². The van der Waals surface area contributed by atoms with Gasteiger partial charge >= 0.3 is 0 Å². The van der Waals surface area contributed by atoms with Crippen LogP contribution >= 0.6 is 23.4 Å². The first-order valence-electron chi connectivity index (χ1n) is 8.25. The molecule has 0 atom stereocenters. The molecule has 0 aliphatic rings. The zero-order valence-electron chi connectivity index (χ0n) is 14.5. The number of nitrogens with zero attached hydrogens (tertiary/aromatic N) is 1. The lowest BCUT2D eigenvalue weighted by Gasteiger charge is -2.11. The molecular weight excluding hydrogens is 378 g/mol. The van der Waals surface area contributed by atoms with Crippen LogP contribution in [0.2, 0.25) is 5.02 Å². The Morgan fingerprint density at radius 1 is 1.00 bits per heavy atom. The Morgan fingerprint density at radius 3 is 2.41 bits per heavy atom. The van der Waals surface area contributed by atoms with Gasteiger partial charge in [0.25, 0.3) is 5.91 Å². The lowest BCUT2D eigenvalue weighted by Crippen LogP contribution is -2.35. The average Bonchev–Trinajstić information content (AvgIpc) is 2.72. The summed E-state index contributed by atoms with van der Waals surface area (Å²) in [5.41, 5.74) is 8.56. The van der Waals surface area contributed by atoms with Crippen LogP contribution in [-0.2, 0) is 5.75 Å². The van der Waals surface area contributed by atoms with Crippen LogP contribution in [0.5, 0.6) is 0 Å². The number of hydrogen-bond acceptors (Lipinski definition) is 4. The molecule has 6 heteroatoms. The first-order valence-corrected chi connectivity index (χ1v) is 9.61. The standard InChI is InChI=1S/C21H18ClN3OS/c1-15(18-3-2-12-23-13-18)24-25-21(26)17-6-4-16(5-7-17)14-27-20-10-8-19(22)9-11-20/h2-13,24H,1,14H2,(H,25,26). The fourth-order valence-electron chi connectivity index (χ4n) is 2.27. The van der Waals surface area contributed by atoms with E-state index in [-0.39, 0.29) is 5.91 Å². The molecule has 0 spiro atoms. The van der Waals surface area contributed by atoms with Crippen molar-refractivity contribution >= 4 is 35.0 Å². The Morgan fingerprint density at radius 2 is 1.74 bits per heavy atom. The highest BCUT2D eigenvalue weighted by molar-refractivity contribution is 7.98. The molecule has 1 amide bonds. The van der Waals surface area contributed by atoms with Gasteiger partial charge in [-0.25, -0.2) is 0 Å². The Bertz CT molecular complexity index is 912. The summed E-state index contributed by atoms with van der Waals surface area (Å²) < 4.78 is 0. The van der Waals surface area contributed by atoms with Crippen LogP contribution in [0.1, 0.15) is 21.5 Å².